The van der Waals surface area contributed by atoms with E-state index in [9.17, 15) is 14.0 Å². The van der Waals surface area contributed by atoms with E-state index in [0.717, 1.165) is 24.2 Å². The second-order valence-electron chi connectivity index (χ2n) is 6.66. The van der Waals surface area contributed by atoms with Crippen molar-refractivity contribution < 1.29 is 18.7 Å². The Kier molecular flexibility index (Phi) is 6.20. The van der Waals surface area contributed by atoms with E-state index in [4.69, 9.17) is 4.74 Å². The number of ether oxygens (including phenoxy) is 1. The van der Waals surface area contributed by atoms with E-state index in [1.165, 1.54) is 12.3 Å². The maximum atomic E-state index is 14.1. The Hall–Kier alpha value is -3.00. The lowest BCUT2D eigenvalue weighted by Crippen LogP contribution is -2.41. The van der Waals surface area contributed by atoms with Crippen LogP contribution in [0.4, 0.5) is 4.39 Å². The lowest BCUT2D eigenvalue weighted by molar-refractivity contribution is -0.139. The predicted molar refractivity (Wildman–Crippen MR) is 103 cm³/mol. The first-order valence-electron chi connectivity index (χ1n) is 9.14. The molecule has 2 amide bonds. The van der Waals surface area contributed by atoms with Gasteiger partial charge >= 0.3 is 11.8 Å². The van der Waals surface area contributed by atoms with Crippen molar-refractivity contribution in [3.8, 4) is 5.69 Å². The molecule has 28 heavy (non-hydrogen) atoms. The minimum absolute atomic E-state index is 0.0379. The largest absolute Gasteiger partial charge is 0.376 e. The molecule has 0 bridgehead atoms. The first-order chi connectivity index (χ1) is 13.5. The monoisotopic (exact) mass is 386 g/mol. The molecule has 148 valence electrons. The highest BCUT2D eigenvalue weighted by atomic mass is 19.1. The highest BCUT2D eigenvalue weighted by Gasteiger charge is 2.19. The Morgan fingerprint density at radius 3 is 2.82 bits per heavy atom. The number of rotatable bonds is 5. The second-order valence-corrected chi connectivity index (χ2v) is 6.66. The number of halogens is 1. The number of nitrogens with one attached hydrogen (secondary N) is 2. The molecule has 2 heterocycles. The van der Waals surface area contributed by atoms with Crippen molar-refractivity contribution in [3.05, 3.63) is 53.1 Å². The van der Waals surface area contributed by atoms with E-state index in [1.807, 2.05) is 19.9 Å². The van der Waals surface area contributed by atoms with Crippen LogP contribution in [0.1, 0.15) is 29.8 Å². The molecule has 1 aromatic carbocycles. The van der Waals surface area contributed by atoms with Gasteiger partial charge in [-0.1, -0.05) is 12.1 Å². The van der Waals surface area contributed by atoms with E-state index < -0.39 is 11.8 Å². The summed E-state index contributed by atoms with van der Waals surface area (Å²) in [5.74, 6) is -1.94. The molecule has 2 N–H and O–H groups in total. The summed E-state index contributed by atoms with van der Waals surface area (Å²) in [4.78, 5) is 23.6. The van der Waals surface area contributed by atoms with E-state index in [1.54, 1.807) is 22.8 Å². The summed E-state index contributed by atoms with van der Waals surface area (Å²) in [6, 6.07) is 8.32. The maximum Gasteiger partial charge on any atom is 0.329 e. The third kappa shape index (κ3) is 4.45. The van der Waals surface area contributed by atoms with Gasteiger partial charge in [-0.15, -0.1) is 0 Å². The van der Waals surface area contributed by atoms with Crippen molar-refractivity contribution in [1.29, 1.82) is 0 Å². The normalized spacial score (nSPS) is 16.5. The maximum absolute atomic E-state index is 14.1. The molecule has 3 rings (SSSR count). The number of nitrogens with zero attached hydrogens (tertiary/aromatic N) is 2. The van der Waals surface area contributed by atoms with Crippen LogP contribution in [0.15, 0.2) is 35.4 Å². The van der Waals surface area contributed by atoms with Crippen molar-refractivity contribution in [2.24, 2.45) is 5.10 Å². The smallest absolute Gasteiger partial charge is 0.329 e. The van der Waals surface area contributed by atoms with Gasteiger partial charge in [0.2, 0.25) is 0 Å². The van der Waals surface area contributed by atoms with E-state index in [2.05, 4.69) is 15.8 Å². The Labute approximate surface area is 162 Å². The van der Waals surface area contributed by atoms with Crippen molar-refractivity contribution in [1.82, 2.24) is 15.3 Å². The summed E-state index contributed by atoms with van der Waals surface area (Å²) < 4.78 is 21.3. The number of amides is 2. The number of hydrogen-bond acceptors (Lipinski definition) is 4. The van der Waals surface area contributed by atoms with E-state index in [0.29, 0.717) is 24.4 Å². The summed E-state index contributed by atoms with van der Waals surface area (Å²) in [5, 5.41) is 6.38. The van der Waals surface area contributed by atoms with Crippen molar-refractivity contribution in [2.45, 2.75) is 32.8 Å². The lowest BCUT2D eigenvalue weighted by Gasteiger charge is -2.10. The molecule has 1 aliphatic heterocycles. The molecule has 1 saturated heterocycles. The molecular formula is C20H23FN4O3. The SMILES string of the molecule is Cc1cc(/C=N\NC(=O)C(=O)NC[C@H]2CCCO2)c(C)n1-c1ccccc1F. The number of hydrazone groups is 1. The zero-order chi connectivity index (χ0) is 20.1. The summed E-state index contributed by atoms with van der Waals surface area (Å²) in [6.07, 6.45) is 3.23. The van der Waals surface area contributed by atoms with Gasteiger partial charge in [-0.2, -0.15) is 5.10 Å². The zero-order valence-corrected chi connectivity index (χ0v) is 15.9. The third-order valence-electron chi connectivity index (χ3n) is 4.65. The van der Waals surface area contributed by atoms with Crippen LogP contribution in [0.25, 0.3) is 5.69 Å². The molecule has 1 aliphatic rings. The Bertz CT molecular complexity index is 901. The molecule has 0 unspecified atom stereocenters. The third-order valence-corrected chi connectivity index (χ3v) is 4.65. The molecule has 0 radical (unpaired) electrons. The molecule has 0 spiro atoms. The van der Waals surface area contributed by atoms with Gasteiger partial charge in [0.1, 0.15) is 5.82 Å². The molecule has 1 atom stereocenters. The van der Waals surface area contributed by atoms with Gasteiger partial charge in [0.25, 0.3) is 0 Å². The van der Waals surface area contributed by atoms with Gasteiger partial charge in [0.15, 0.2) is 0 Å². The highest BCUT2D eigenvalue weighted by molar-refractivity contribution is 6.35. The summed E-state index contributed by atoms with van der Waals surface area (Å²) >= 11 is 0. The lowest BCUT2D eigenvalue weighted by atomic mass is 10.2. The Morgan fingerprint density at radius 1 is 1.32 bits per heavy atom. The highest BCUT2D eigenvalue weighted by Crippen LogP contribution is 2.21. The molecule has 2 aromatic rings. The minimum Gasteiger partial charge on any atom is -0.376 e. The van der Waals surface area contributed by atoms with Gasteiger partial charge in [0.05, 0.1) is 18.0 Å². The van der Waals surface area contributed by atoms with Crippen LogP contribution in [0.2, 0.25) is 0 Å². The van der Waals surface area contributed by atoms with Gasteiger partial charge < -0.3 is 14.6 Å². The first kappa shape index (κ1) is 19.8. The average Bonchev–Trinajstić information content (AvgIpc) is 3.29. The van der Waals surface area contributed by atoms with Crippen LogP contribution < -0.4 is 10.7 Å². The fourth-order valence-electron chi connectivity index (χ4n) is 3.23. The van der Waals surface area contributed by atoms with Crippen molar-refractivity contribution in [3.63, 3.8) is 0 Å². The minimum atomic E-state index is -0.850. The van der Waals surface area contributed by atoms with Gasteiger partial charge in [-0.25, -0.2) is 9.82 Å². The molecule has 8 heteroatoms. The molecule has 1 fully saturated rings. The Morgan fingerprint density at radius 2 is 2.11 bits per heavy atom. The number of carbonyl (C=O) groups excluding carboxylic acids is 2. The van der Waals surface area contributed by atoms with Gasteiger partial charge in [0, 0.05) is 30.1 Å². The number of carbonyl (C=O) groups is 2. The van der Waals surface area contributed by atoms with Crippen molar-refractivity contribution in [2.75, 3.05) is 13.2 Å². The first-order valence-corrected chi connectivity index (χ1v) is 9.14. The number of benzene rings is 1. The topological polar surface area (TPSA) is 84.7 Å². The van der Waals surface area contributed by atoms with Gasteiger partial charge in [-0.05, 0) is 44.9 Å². The number of aryl methyl sites for hydroxylation is 1. The standard InChI is InChI=1S/C20H23FN4O3/c1-13-10-15(14(2)25(13)18-8-4-3-7-17(18)21)11-23-24-20(27)19(26)22-12-16-6-5-9-28-16/h3-4,7-8,10-11,16H,5-6,9,12H2,1-2H3,(H,22,26)(H,24,27)/b23-11-/t16-/m1/s1. The summed E-state index contributed by atoms with van der Waals surface area (Å²) in [5.41, 5.74) is 4.95. The second kappa shape index (κ2) is 8.79. The quantitative estimate of drug-likeness (QED) is 0.468. The van der Waals surface area contributed by atoms with Crippen LogP contribution in [0, 0.1) is 19.7 Å². The molecule has 0 aliphatic carbocycles. The van der Waals surface area contributed by atoms with Gasteiger partial charge in [-0.3, -0.25) is 9.59 Å². The van der Waals surface area contributed by atoms with E-state index in [-0.39, 0.29) is 11.9 Å². The summed E-state index contributed by atoms with van der Waals surface area (Å²) in [6.45, 7) is 4.67. The zero-order valence-electron chi connectivity index (χ0n) is 15.9. The van der Waals surface area contributed by atoms with Crippen LogP contribution >= 0.6 is 0 Å². The van der Waals surface area contributed by atoms with Crippen molar-refractivity contribution >= 4 is 18.0 Å². The van der Waals surface area contributed by atoms with Crippen LogP contribution in [-0.4, -0.2) is 41.9 Å². The fraction of sp³-hybridized carbons (Fsp3) is 0.350. The molecule has 0 saturated carbocycles. The predicted octanol–water partition coefficient (Wildman–Crippen LogP) is 1.98. The summed E-state index contributed by atoms with van der Waals surface area (Å²) in [7, 11) is 0. The molecule has 7 nitrogen and oxygen atoms in total. The van der Waals surface area contributed by atoms with Crippen LogP contribution in [0.5, 0.6) is 0 Å². The van der Waals surface area contributed by atoms with Crippen LogP contribution in [-0.2, 0) is 14.3 Å². The number of hydrogen-bond donors (Lipinski definition) is 2. The molecular weight excluding hydrogens is 363 g/mol. The number of para-hydroxylation sites is 1. The Balaban J connectivity index is 1.61. The fourth-order valence-corrected chi connectivity index (χ4v) is 3.23. The van der Waals surface area contributed by atoms with Crippen LogP contribution in [0.3, 0.4) is 0 Å². The average molecular weight is 386 g/mol. The molecule has 1 aromatic heterocycles. The van der Waals surface area contributed by atoms with E-state index >= 15 is 0 Å². The number of aromatic nitrogens is 1.